The van der Waals surface area contributed by atoms with Crippen molar-refractivity contribution < 1.29 is 9.59 Å². The highest BCUT2D eigenvalue weighted by Crippen LogP contribution is 2.25. The Morgan fingerprint density at radius 3 is 2.50 bits per heavy atom. The van der Waals surface area contributed by atoms with Crippen LogP contribution in [0.15, 0.2) is 24.3 Å². The summed E-state index contributed by atoms with van der Waals surface area (Å²) >= 11 is 5.82. The van der Waals surface area contributed by atoms with E-state index in [1.54, 1.807) is 31.2 Å². The van der Waals surface area contributed by atoms with E-state index in [1.807, 2.05) is 6.92 Å². The SMILES string of the molecule is CCC1(C)NC(=O)CN(c2ccc(Cl)cc2)C1=O. The molecule has 0 aromatic heterocycles. The Balaban J connectivity index is 2.35. The summed E-state index contributed by atoms with van der Waals surface area (Å²) in [5.74, 6) is -0.235. The summed E-state index contributed by atoms with van der Waals surface area (Å²) in [5.41, 5.74) is -0.131. The van der Waals surface area contributed by atoms with Crippen LogP contribution in [0.4, 0.5) is 5.69 Å². The largest absolute Gasteiger partial charge is 0.340 e. The van der Waals surface area contributed by atoms with Gasteiger partial charge in [0.05, 0.1) is 0 Å². The topological polar surface area (TPSA) is 49.4 Å². The molecule has 2 amide bonds. The standard InChI is InChI=1S/C13H15ClN2O2/c1-3-13(2)12(18)16(8-11(17)15-13)10-6-4-9(14)5-7-10/h4-7H,3,8H2,1-2H3,(H,15,17). The summed E-state index contributed by atoms with van der Waals surface area (Å²) in [6.07, 6.45) is 0.557. The molecule has 1 unspecified atom stereocenters. The van der Waals surface area contributed by atoms with E-state index in [9.17, 15) is 9.59 Å². The van der Waals surface area contributed by atoms with Crippen molar-refractivity contribution in [3.8, 4) is 0 Å². The first-order chi connectivity index (χ1) is 8.46. The molecule has 4 nitrogen and oxygen atoms in total. The lowest BCUT2D eigenvalue weighted by Gasteiger charge is -2.39. The Labute approximate surface area is 111 Å². The number of nitrogens with one attached hydrogen (secondary N) is 1. The number of halogens is 1. The van der Waals surface area contributed by atoms with E-state index in [0.717, 1.165) is 0 Å². The zero-order valence-corrected chi connectivity index (χ0v) is 11.1. The second-order valence-corrected chi connectivity index (χ2v) is 5.04. The van der Waals surface area contributed by atoms with Crippen molar-refractivity contribution in [3.63, 3.8) is 0 Å². The van der Waals surface area contributed by atoms with Crippen LogP contribution < -0.4 is 10.2 Å². The van der Waals surface area contributed by atoms with Crippen LogP contribution in [0.2, 0.25) is 5.02 Å². The molecular formula is C13H15ClN2O2. The molecule has 1 aliphatic heterocycles. The summed E-state index contributed by atoms with van der Waals surface area (Å²) in [4.78, 5) is 25.6. The van der Waals surface area contributed by atoms with Crippen molar-refractivity contribution in [2.24, 2.45) is 0 Å². The Bertz CT molecular complexity index is 486. The van der Waals surface area contributed by atoms with E-state index in [4.69, 9.17) is 11.6 Å². The Hall–Kier alpha value is -1.55. The number of hydrogen-bond donors (Lipinski definition) is 1. The number of piperazine rings is 1. The quantitative estimate of drug-likeness (QED) is 0.890. The third kappa shape index (κ3) is 2.20. The molecule has 5 heteroatoms. The molecule has 96 valence electrons. The molecule has 2 rings (SSSR count). The van der Waals surface area contributed by atoms with Crippen LogP contribution >= 0.6 is 11.6 Å². The zero-order chi connectivity index (χ0) is 13.3. The van der Waals surface area contributed by atoms with Gasteiger partial charge in [-0.2, -0.15) is 0 Å². The molecule has 1 fully saturated rings. The minimum atomic E-state index is -0.824. The number of amides is 2. The Kier molecular flexibility index (Phi) is 3.30. The van der Waals surface area contributed by atoms with Gasteiger partial charge in [-0.3, -0.25) is 9.59 Å². The maximum Gasteiger partial charge on any atom is 0.252 e. The van der Waals surface area contributed by atoms with Crippen LogP contribution in [-0.2, 0) is 9.59 Å². The van der Waals surface area contributed by atoms with Gasteiger partial charge < -0.3 is 10.2 Å². The van der Waals surface area contributed by atoms with E-state index >= 15 is 0 Å². The van der Waals surface area contributed by atoms with Crippen molar-refractivity contribution in [2.45, 2.75) is 25.8 Å². The van der Waals surface area contributed by atoms with Crippen molar-refractivity contribution in [1.82, 2.24) is 5.32 Å². The number of carbonyl (C=O) groups excluding carboxylic acids is 2. The van der Waals surface area contributed by atoms with Crippen LogP contribution in [-0.4, -0.2) is 23.9 Å². The molecule has 0 spiro atoms. The average molecular weight is 267 g/mol. The predicted molar refractivity (Wildman–Crippen MR) is 70.6 cm³/mol. The van der Waals surface area contributed by atoms with Gasteiger partial charge in [0.25, 0.3) is 5.91 Å². The third-order valence-electron chi connectivity index (χ3n) is 3.28. The molecule has 1 heterocycles. The molecule has 1 aromatic rings. The smallest absolute Gasteiger partial charge is 0.252 e. The van der Waals surface area contributed by atoms with Gasteiger partial charge in [-0.25, -0.2) is 0 Å². The van der Waals surface area contributed by atoms with Crippen molar-refractivity contribution in [2.75, 3.05) is 11.4 Å². The van der Waals surface area contributed by atoms with Gasteiger partial charge in [-0.1, -0.05) is 18.5 Å². The van der Waals surface area contributed by atoms with Gasteiger partial charge in [0.15, 0.2) is 0 Å². The Morgan fingerprint density at radius 1 is 1.33 bits per heavy atom. The van der Waals surface area contributed by atoms with Crippen molar-refractivity contribution >= 4 is 29.1 Å². The Morgan fingerprint density at radius 2 is 1.94 bits per heavy atom. The van der Waals surface area contributed by atoms with E-state index < -0.39 is 5.54 Å². The first kappa shape index (κ1) is 12.9. The number of rotatable bonds is 2. The molecule has 1 N–H and O–H groups in total. The highest BCUT2D eigenvalue weighted by Gasteiger charge is 2.41. The monoisotopic (exact) mass is 266 g/mol. The molecule has 1 aliphatic rings. The van der Waals surface area contributed by atoms with E-state index in [-0.39, 0.29) is 18.4 Å². The lowest BCUT2D eigenvalue weighted by atomic mass is 9.94. The average Bonchev–Trinajstić information content (AvgIpc) is 2.35. The number of anilines is 1. The first-order valence-corrected chi connectivity index (χ1v) is 6.22. The first-order valence-electron chi connectivity index (χ1n) is 5.85. The van der Waals surface area contributed by atoms with Crippen LogP contribution in [0.5, 0.6) is 0 Å². The summed E-state index contributed by atoms with van der Waals surface area (Å²) in [6, 6.07) is 6.91. The number of benzene rings is 1. The van der Waals surface area contributed by atoms with Gasteiger partial charge in [0, 0.05) is 10.7 Å². The normalized spacial score (nSPS) is 24.1. The fraction of sp³-hybridized carbons (Fsp3) is 0.385. The lowest BCUT2D eigenvalue weighted by Crippen LogP contribution is -2.65. The minimum absolute atomic E-state index is 0.0516. The fourth-order valence-electron chi connectivity index (χ4n) is 1.98. The molecule has 1 saturated heterocycles. The number of carbonyl (C=O) groups is 2. The van der Waals surface area contributed by atoms with Gasteiger partial charge in [-0.15, -0.1) is 0 Å². The summed E-state index contributed by atoms with van der Waals surface area (Å²) in [5, 5.41) is 3.35. The summed E-state index contributed by atoms with van der Waals surface area (Å²) < 4.78 is 0. The molecule has 1 atom stereocenters. The van der Waals surface area contributed by atoms with Crippen LogP contribution in [0.25, 0.3) is 0 Å². The van der Waals surface area contributed by atoms with Gasteiger partial charge in [-0.05, 0) is 37.6 Å². The highest BCUT2D eigenvalue weighted by molar-refractivity contribution is 6.30. The summed E-state index contributed by atoms with van der Waals surface area (Å²) in [6.45, 7) is 3.68. The third-order valence-corrected chi connectivity index (χ3v) is 3.53. The van der Waals surface area contributed by atoms with Gasteiger partial charge in [0.1, 0.15) is 12.1 Å². The molecule has 0 bridgehead atoms. The fourth-order valence-corrected chi connectivity index (χ4v) is 2.11. The molecule has 0 saturated carbocycles. The maximum atomic E-state index is 12.4. The lowest BCUT2D eigenvalue weighted by molar-refractivity contribution is -0.135. The minimum Gasteiger partial charge on any atom is -0.340 e. The van der Waals surface area contributed by atoms with Crippen molar-refractivity contribution in [3.05, 3.63) is 29.3 Å². The second-order valence-electron chi connectivity index (χ2n) is 4.60. The molecular weight excluding hydrogens is 252 g/mol. The molecule has 18 heavy (non-hydrogen) atoms. The summed E-state index contributed by atoms with van der Waals surface area (Å²) in [7, 11) is 0. The van der Waals surface area contributed by atoms with Gasteiger partial charge >= 0.3 is 0 Å². The van der Waals surface area contributed by atoms with Crippen LogP contribution in [0.3, 0.4) is 0 Å². The predicted octanol–water partition coefficient (Wildman–Crippen LogP) is 1.97. The van der Waals surface area contributed by atoms with Crippen molar-refractivity contribution in [1.29, 1.82) is 0 Å². The van der Waals surface area contributed by atoms with E-state index in [1.165, 1.54) is 4.90 Å². The maximum absolute atomic E-state index is 12.4. The molecule has 0 aliphatic carbocycles. The van der Waals surface area contributed by atoms with Crippen LogP contribution in [0, 0.1) is 0 Å². The second kappa shape index (κ2) is 4.61. The highest BCUT2D eigenvalue weighted by atomic mass is 35.5. The molecule has 1 aromatic carbocycles. The number of hydrogen-bond acceptors (Lipinski definition) is 2. The van der Waals surface area contributed by atoms with Crippen LogP contribution in [0.1, 0.15) is 20.3 Å². The van der Waals surface area contributed by atoms with E-state index in [0.29, 0.717) is 17.1 Å². The van der Waals surface area contributed by atoms with Gasteiger partial charge in [0.2, 0.25) is 5.91 Å². The number of nitrogens with zero attached hydrogens (tertiary/aromatic N) is 1. The van der Waals surface area contributed by atoms with E-state index in [2.05, 4.69) is 5.32 Å². The zero-order valence-electron chi connectivity index (χ0n) is 10.4. The molecule has 0 radical (unpaired) electrons.